The van der Waals surface area contributed by atoms with Gasteiger partial charge >= 0.3 is 0 Å². The Morgan fingerprint density at radius 1 is 0.466 bits per heavy atom. The Kier molecular flexibility index (Phi) is 30.7. The van der Waals surface area contributed by atoms with Crippen LogP contribution in [0.4, 0.5) is 28.4 Å². The van der Waals surface area contributed by atoms with E-state index in [2.05, 4.69) is 253 Å². The summed E-state index contributed by atoms with van der Waals surface area (Å²) in [5, 5.41) is 6.29. The fourth-order valence-corrected chi connectivity index (χ4v) is 12.3. The lowest BCUT2D eigenvalue weighted by Gasteiger charge is -2.25. The first-order valence-corrected chi connectivity index (χ1v) is 33.7. The number of hydrogen-bond donors (Lipinski definition) is 2. The van der Waals surface area contributed by atoms with Gasteiger partial charge in [-0.05, 0) is 224 Å². The fraction of sp³-hybridized carbons (Fsp3) is 0.425. The number of halogens is 1. The first-order chi connectivity index (χ1) is 42.4. The summed E-state index contributed by atoms with van der Waals surface area (Å²) < 4.78 is 0. The van der Waals surface area contributed by atoms with E-state index in [4.69, 9.17) is 0 Å². The van der Waals surface area contributed by atoms with Gasteiger partial charge in [0.2, 0.25) is 5.71 Å². The molecule has 0 radical (unpaired) electrons. The van der Waals surface area contributed by atoms with Crippen LogP contribution in [0.5, 0.6) is 0 Å². The minimum atomic E-state index is 0. The van der Waals surface area contributed by atoms with Gasteiger partial charge in [-0.15, -0.1) is 0 Å². The number of unbranched alkanes of at least 4 members (excludes halogenated alkanes) is 2. The Labute approximate surface area is 539 Å². The molecule has 0 aliphatic heterocycles. The van der Waals surface area contributed by atoms with E-state index in [0.29, 0.717) is 5.92 Å². The second-order valence-corrected chi connectivity index (χ2v) is 23.3. The monoisotopic (exact) mass is 1200 g/mol. The number of nitrogens with one attached hydrogen (secondary N) is 2. The van der Waals surface area contributed by atoms with E-state index in [9.17, 15) is 4.79 Å². The molecule has 7 aromatic rings. The molecule has 0 saturated heterocycles. The second-order valence-electron chi connectivity index (χ2n) is 23.3. The number of hydrogen-bond acceptors (Lipinski definition) is 6. The number of ketones is 1. The van der Waals surface area contributed by atoms with Crippen LogP contribution in [0, 0.1) is 25.7 Å². The van der Waals surface area contributed by atoms with Gasteiger partial charge in [-0.3, -0.25) is 4.79 Å². The van der Waals surface area contributed by atoms with Crippen LogP contribution in [-0.2, 0) is 0 Å². The predicted molar refractivity (Wildman–Crippen MR) is 383 cm³/mol. The van der Waals surface area contributed by atoms with E-state index in [1.807, 2.05) is 37.3 Å². The quantitative estimate of drug-likeness (QED) is 0.0456. The molecular formula is C80H109ClN6O. The molecule has 0 spiro atoms. The molecule has 0 heterocycles. The number of aryl methyl sites for hydroxylation is 2. The van der Waals surface area contributed by atoms with Crippen molar-refractivity contribution in [3.05, 3.63) is 208 Å². The third-order valence-corrected chi connectivity index (χ3v) is 18.0. The van der Waals surface area contributed by atoms with E-state index in [0.717, 1.165) is 93.7 Å². The SMILES string of the molecule is CCCCC(CC)CNc1cccc2ccccc12.CCCCC(CC)C[NH+]=C1C=CC(=C(c2ccc(N(CC)CC)cc2)c2ccc(N(CC)CC)cc2C)c2ccccc21.CCN(CC)c1ccc(C(=O)c2ccc(N(CC)CC)cc2C)cc1.[Cl-]. The summed E-state index contributed by atoms with van der Waals surface area (Å²) in [5.41, 5.74) is 19.0. The van der Waals surface area contributed by atoms with Crippen LogP contribution >= 0.6 is 0 Å². The third kappa shape index (κ3) is 19.2. The number of nitrogens with zero attached hydrogens (tertiary/aromatic N) is 4. The summed E-state index contributed by atoms with van der Waals surface area (Å²) in [5.74, 6) is 1.59. The average molecular weight is 1210 g/mol. The molecule has 0 amide bonds. The molecule has 0 aromatic heterocycles. The van der Waals surface area contributed by atoms with Crippen molar-refractivity contribution in [3.8, 4) is 0 Å². The predicted octanol–water partition coefficient (Wildman–Crippen LogP) is 15.7. The molecule has 7 aromatic carbocycles. The van der Waals surface area contributed by atoms with Crippen LogP contribution in [-0.4, -0.2) is 76.9 Å². The largest absolute Gasteiger partial charge is 1.00 e. The molecule has 1 aliphatic rings. The summed E-state index contributed by atoms with van der Waals surface area (Å²) in [6.07, 6.45) is 15.0. The van der Waals surface area contributed by atoms with Crippen molar-refractivity contribution in [2.75, 3.05) is 90.4 Å². The number of benzene rings is 7. The molecule has 88 heavy (non-hydrogen) atoms. The van der Waals surface area contributed by atoms with Gasteiger partial charge in [-0.2, -0.15) is 0 Å². The molecular weight excluding hydrogens is 1100 g/mol. The number of carbonyl (C=O) groups is 1. The lowest BCUT2D eigenvalue weighted by molar-refractivity contribution is -0.465. The van der Waals surface area contributed by atoms with Gasteiger partial charge in [0.25, 0.3) is 0 Å². The van der Waals surface area contributed by atoms with Crippen molar-refractivity contribution < 1.29 is 22.2 Å². The van der Waals surface area contributed by atoms with Crippen molar-refractivity contribution >= 4 is 61.9 Å². The van der Waals surface area contributed by atoms with Crippen LogP contribution in [0.15, 0.2) is 164 Å². The van der Waals surface area contributed by atoms with Crippen LogP contribution in [0.25, 0.3) is 21.9 Å². The maximum atomic E-state index is 12.9. The van der Waals surface area contributed by atoms with E-state index < -0.39 is 0 Å². The molecule has 8 heteroatoms. The van der Waals surface area contributed by atoms with Crippen LogP contribution in [0.2, 0.25) is 0 Å². The number of allylic oxidation sites excluding steroid dienone is 3. The average Bonchev–Trinajstić information content (AvgIpc) is 2.52. The standard InChI is InChI=1S/C40H53N3.C22H30N2O.C18H25N.ClH/c1-8-14-17-31(9-2)29-41-39-27-26-38(36-18-15-16-19-37(36)39)40(32-20-22-33(23-21-32)42(10-3)11-4)35-25-24-34(28-30(35)7)43(12-5)13-6;1-6-23(7-2)19-12-10-18(11-13-19)22(25)21-15-14-20(16-17(21)5)24(8-3)9-4;1-3-5-9-15(4-2)14-19-18-13-8-11-16-10-6-7-12-17(16)18;/h15-16,18-28,31H,8-14,17,29H2,1-7H3;10-16H,6-9H2,1-5H3;6-8,10-13,15,19H,3-5,9,14H2,1-2H3;1H. The molecule has 2 N–H and O–H groups in total. The minimum Gasteiger partial charge on any atom is -1.00 e. The fourth-order valence-electron chi connectivity index (χ4n) is 12.3. The summed E-state index contributed by atoms with van der Waals surface area (Å²) in [6, 6.07) is 54.4. The van der Waals surface area contributed by atoms with Crippen LogP contribution < -0.4 is 42.3 Å². The van der Waals surface area contributed by atoms with Gasteiger partial charge in [0, 0.05) is 116 Å². The smallest absolute Gasteiger partial charge is 0.206 e. The number of rotatable bonds is 29. The summed E-state index contributed by atoms with van der Waals surface area (Å²) >= 11 is 0. The zero-order chi connectivity index (χ0) is 62.7. The van der Waals surface area contributed by atoms with Crippen LogP contribution in [0.3, 0.4) is 0 Å². The molecule has 7 nitrogen and oxygen atoms in total. The Bertz CT molecular complexity index is 3280. The van der Waals surface area contributed by atoms with Gasteiger partial charge in [0.05, 0.1) is 5.56 Å². The van der Waals surface area contributed by atoms with Gasteiger partial charge in [-0.1, -0.05) is 133 Å². The molecule has 0 saturated carbocycles. The maximum Gasteiger partial charge on any atom is 0.206 e. The van der Waals surface area contributed by atoms with Gasteiger partial charge in [-0.25, -0.2) is 4.99 Å². The van der Waals surface area contributed by atoms with Crippen molar-refractivity contribution in [2.45, 2.75) is 148 Å². The lowest BCUT2D eigenvalue weighted by Crippen LogP contribution is -3.00. The Hall–Kier alpha value is -7.09. The number of fused-ring (bicyclic) bond motifs is 2. The first-order valence-electron chi connectivity index (χ1n) is 33.7. The highest BCUT2D eigenvalue weighted by Gasteiger charge is 2.25. The number of anilines is 5. The maximum absolute atomic E-state index is 12.9. The highest BCUT2D eigenvalue weighted by Crippen LogP contribution is 2.39. The molecule has 1 aliphatic carbocycles. The van der Waals surface area contributed by atoms with E-state index in [1.54, 1.807) is 0 Å². The summed E-state index contributed by atoms with van der Waals surface area (Å²) in [6.45, 7) is 41.0. The Morgan fingerprint density at radius 3 is 1.43 bits per heavy atom. The molecule has 472 valence electrons. The number of carbonyl (C=O) groups excluding carboxylic acids is 1. The van der Waals surface area contributed by atoms with E-state index >= 15 is 0 Å². The lowest BCUT2D eigenvalue weighted by atomic mass is 9.82. The summed E-state index contributed by atoms with van der Waals surface area (Å²) in [4.78, 5) is 26.1. The van der Waals surface area contributed by atoms with E-state index in [-0.39, 0.29) is 18.2 Å². The van der Waals surface area contributed by atoms with Gasteiger partial charge < -0.3 is 37.3 Å². The second kappa shape index (κ2) is 37.7. The van der Waals surface area contributed by atoms with Gasteiger partial charge in [0.15, 0.2) is 5.78 Å². The Morgan fingerprint density at radius 2 is 0.920 bits per heavy atom. The van der Waals surface area contributed by atoms with Crippen LogP contribution in [0.1, 0.15) is 184 Å². The van der Waals surface area contributed by atoms with Gasteiger partial charge in [0.1, 0.15) is 6.54 Å². The Balaban J connectivity index is 0.000000264. The van der Waals surface area contributed by atoms with Crippen molar-refractivity contribution in [3.63, 3.8) is 0 Å². The molecule has 0 bridgehead atoms. The topological polar surface area (TPSA) is 56.0 Å². The highest BCUT2D eigenvalue weighted by molar-refractivity contribution is 6.17. The van der Waals surface area contributed by atoms with E-state index in [1.165, 1.54) is 130 Å². The summed E-state index contributed by atoms with van der Waals surface area (Å²) in [7, 11) is 0. The molecule has 2 atom stereocenters. The molecule has 0 fully saturated rings. The normalized spacial score (nSPS) is 13.2. The van der Waals surface area contributed by atoms with Crippen molar-refractivity contribution in [1.82, 2.24) is 0 Å². The third-order valence-electron chi connectivity index (χ3n) is 18.0. The molecule has 8 rings (SSSR count). The van der Waals surface area contributed by atoms with Crippen molar-refractivity contribution in [2.24, 2.45) is 11.8 Å². The highest BCUT2D eigenvalue weighted by atomic mass is 35.5. The molecule has 2 unspecified atom stereocenters. The zero-order valence-electron chi connectivity index (χ0n) is 56.5. The van der Waals surface area contributed by atoms with Crippen molar-refractivity contribution in [1.29, 1.82) is 0 Å². The first kappa shape index (κ1) is 71.7. The zero-order valence-corrected chi connectivity index (χ0v) is 57.3. The minimum absolute atomic E-state index is 0.